The molecule has 0 unspecified atom stereocenters. The summed E-state index contributed by atoms with van der Waals surface area (Å²) in [6.45, 7) is 0. The molecular weight excluding hydrogens is 396 g/mol. The van der Waals surface area contributed by atoms with Crippen LogP contribution in [0.25, 0.3) is 11.1 Å². The Morgan fingerprint density at radius 3 is 2.48 bits per heavy atom. The Hall–Kier alpha value is -3.67. The van der Waals surface area contributed by atoms with Gasteiger partial charge in [-0.15, -0.1) is 0 Å². The number of fused-ring (bicyclic) bond motifs is 5. The summed E-state index contributed by atoms with van der Waals surface area (Å²) >= 11 is 0. The average Bonchev–Trinajstić information content (AvgIpc) is 2.78. The van der Waals surface area contributed by atoms with Gasteiger partial charge >= 0.3 is 0 Å². The van der Waals surface area contributed by atoms with E-state index in [2.05, 4.69) is 0 Å². The molecule has 6 rings (SSSR count). The topological polar surface area (TPSA) is 85.2 Å². The van der Waals surface area contributed by atoms with Crippen LogP contribution in [0.15, 0.2) is 42.5 Å². The summed E-state index contributed by atoms with van der Waals surface area (Å²) in [5, 5.41) is 21.9. The number of ether oxygens (including phenoxy) is 3. The molecule has 0 saturated carbocycles. The zero-order chi connectivity index (χ0) is 21.4. The van der Waals surface area contributed by atoms with Crippen LogP contribution >= 0.6 is 0 Å². The van der Waals surface area contributed by atoms with Crippen LogP contribution in [0.5, 0.6) is 28.7 Å². The van der Waals surface area contributed by atoms with Crippen molar-refractivity contribution < 1.29 is 29.2 Å². The van der Waals surface area contributed by atoms with E-state index < -0.39 is 6.10 Å². The molecule has 2 N–H and O–H groups in total. The van der Waals surface area contributed by atoms with Gasteiger partial charge in [-0.2, -0.15) is 0 Å². The Kier molecular flexibility index (Phi) is 3.61. The molecular formula is C25H20O6. The highest BCUT2D eigenvalue weighted by atomic mass is 16.5. The van der Waals surface area contributed by atoms with Crippen molar-refractivity contribution in [2.45, 2.75) is 24.4 Å². The maximum absolute atomic E-state index is 13.2. The SMILES string of the molecule is COc1ccc2c(c1O)-c1c(OC)cc(O)c3c1[C@H]1[C@H](CC3=O)c3ccccc3O[C@H]21. The van der Waals surface area contributed by atoms with Crippen molar-refractivity contribution in [3.63, 3.8) is 0 Å². The van der Waals surface area contributed by atoms with Crippen molar-refractivity contribution in [2.24, 2.45) is 0 Å². The molecule has 6 nitrogen and oxygen atoms in total. The first-order valence-corrected chi connectivity index (χ1v) is 10.2. The molecule has 0 radical (unpaired) electrons. The zero-order valence-corrected chi connectivity index (χ0v) is 17.0. The summed E-state index contributed by atoms with van der Waals surface area (Å²) in [5.41, 5.74) is 3.88. The van der Waals surface area contributed by atoms with Crippen LogP contribution in [0.3, 0.4) is 0 Å². The maximum atomic E-state index is 13.2. The highest BCUT2D eigenvalue weighted by molar-refractivity contribution is 6.06. The number of hydrogen-bond acceptors (Lipinski definition) is 6. The van der Waals surface area contributed by atoms with Gasteiger partial charge in [-0.25, -0.2) is 0 Å². The minimum absolute atomic E-state index is 0.0401. The molecule has 0 saturated heterocycles. The minimum atomic E-state index is -0.419. The lowest BCUT2D eigenvalue weighted by Crippen LogP contribution is -2.37. The van der Waals surface area contributed by atoms with Crippen molar-refractivity contribution in [1.82, 2.24) is 0 Å². The number of methoxy groups -OCH3 is 2. The summed E-state index contributed by atoms with van der Waals surface area (Å²) in [5.74, 6) is 0.879. The predicted octanol–water partition coefficient (Wildman–Crippen LogP) is 4.68. The van der Waals surface area contributed by atoms with E-state index in [1.54, 1.807) is 6.07 Å². The molecule has 31 heavy (non-hydrogen) atoms. The lowest BCUT2D eigenvalue weighted by molar-refractivity contribution is 0.0868. The van der Waals surface area contributed by atoms with Crippen LogP contribution in [0.2, 0.25) is 0 Å². The number of phenols is 2. The first-order chi connectivity index (χ1) is 15.0. The molecule has 2 aliphatic carbocycles. The quantitative estimate of drug-likeness (QED) is 0.631. The molecule has 156 valence electrons. The number of para-hydroxylation sites is 1. The van der Waals surface area contributed by atoms with Gasteiger partial charge in [0.1, 0.15) is 23.4 Å². The molecule has 1 heterocycles. The van der Waals surface area contributed by atoms with Gasteiger partial charge in [0.15, 0.2) is 17.3 Å². The molecule has 0 fully saturated rings. The average molecular weight is 416 g/mol. The largest absolute Gasteiger partial charge is 0.507 e. The Morgan fingerprint density at radius 2 is 1.71 bits per heavy atom. The van der Waals surface area contributed by atoms with Gasteiger partial charge in [-0.1, -0.05) is 24.3 Å². The Morgan fingerprint density at radius 1 is 0.935 bits per heavy atom. The molecule has 3 aromatic carbocycles. The molecule has 0 bridgehead atoms. The number of Topliss-reactive ketones (excluding diaryl/α,β-unsaturated/α-hetero) is 1. The Labute approximate surface area is 178 Å². The Bertz CT molecular complexity index is 1280. The van der Waals surface area contributed by atoms with Gasteiger partial charge in [-0.3, -0.25) is 4.79 Å². The molecule has 6 heteroatoms. The summed E-state index contributed by atoms with van der Waals surface area (Å²) < 4.78 is 17.4. The fraction of sp³-hybridized carbons (Fsp3) is 0.240. The van der Waals surface area contributed by atoms with Crippen molar-refractivity contribution >= 4 is 5.78 Å². The van der Waals surface area contributed by atoms with E-state index in [0.29, 0.717) is 28.2 Å². The normalized spacial score (nSPS) is 22.0. The number of hydrogen-bond donors (Lipinski definition) is 2. The van der Waals surface area contributed by atoms with Crippen LogP contribution in [-0.2, 0) is 0 Å². The van der Waals surface area contributed by atoms with Crippen molar-refractivity contribution in [3.05, 3.63) is 64.7 Å². The molecule has 3 atom stereocenters. The number of aromatic hydroxyl groups is 2. The standard InChI is InChI=1S/C25H20O6/c1-29-17-8-7-12-19(24(17)28)22-18(30-2)10-15(27)21-14(26)9-13-11-5-3-4-6-16(11)31-25(12)20(13)23(21)22/h3-8,10,13,20,25,27-28H,9H2,1-2H3/t13-,20-,25-/m1/s1. The lowest BCUT2D eigenvalue weighted by atomic mass is 9.61. The second kappa shape index (κ2) is 6.17. The van der Waals surface area contributed by atoms with E-state index in [0.717, 1.165) is 16.9 Å². The fourth-order valence-corrected chi connectivity index (χ4v) is 5.62. The number of carbonyl (C=O) groups is 1. The van der Waals surface area contributed by atoms with Gasteiger partial charge in [0.05, 0.1) is 19.8 Å². The van der Waals surface area contributed by atoms with Crippen LogP contribution in [-0.4, -0.2) is 30.2 Å². The summed E-state index contributed by atoms with van der Waals surface area (Å²) in [7, 11) is 3.00. The molecule has 1 aliphatic heterocycles. The van der Waals surface area contributed by atoms with Gasteiger partial charge < -0.3 is 24.4 Å². The highest BCUT2D eigenvalue weighted by Crippen LogP contribution is 2.65. The number of ketones is 1. The Balaban J connectivity index is 1.77. The highest BCUT2D eigenvalue weighted by Gasteiger charge is 2.51. The van der Waals surface area contributed by atoms with E-state index in [1.165, 1.54) is 20.3 Å². The van der Waals surface area contributed by atoms with E-state index in [1.807, 2.05) is 30.3 Å². The van der Waals surface area contributed by atoms with E-state index >= 15 is 0 Å². The number of carbonyl (C=O) groups excluding carboxylic acids is 1. The third-order valence-electron chi connectivity index (χ3n) is 6.83. The van der Waals surface area contributed by atoms with Gasteiger partial charge in [0.2, 0.25) is 0 Å². The molecule has 0 amide bonds. The number of rotatable bonds is 2. The van der Waals surface area contributed by atoms with E-state index in [4.69, 9.17) is 14.2 Å². The monoisotopic (exact) mass is 416 g/mol. The molecule has 3 aliphatic rings. The first kappa shape index (κ1) is 18.1. The first-order valence-electron chi connectivity index (χ1n) is 10.2. The second-order valence-corrected chi connectivity index (χ2v) is 8.18. The van der Waals surface area contributed by atoms with Crippen molar-refractivity contribution in [2.75, 3.05) is 14.2 Å². The molecule has 0 spiro atoms. The number of benzene rings is 3. The molecule has 3 aromatic rings. The van der Waals surface area contributed by atoms with Gasteiger partial charge in [-0.05, 0) is 23.3 Å². The van der Waals surface area contributed by atoms with Gasteiger partial charge in [0, 0.05) is 41.0 Å². The van der Waals surface area contributed by atoms with Crippen LogP contribution in [0.1, 0.15) is 51.4 Å². The van der Waals surface area contributed by atoms with Crippen LogP contribution < -0.4 is 14.2 Å². The third kappa shape index (κ3) is 2.19. The lowest BCUT2D eigenvalue weighted by Gasteiger charge is -2.47. The predicted molar refractivity (Wildman–Crippen MR) is 113 cm³/mol. The van der Waals surface area contributed by atoms with E-state index in [9.17, 15) is 15.0 Å². The maximum Gasteiger partial charge on any atom is 0.167 e. The smallest absolute Gasteiger partial charge is 0.167 e. The molecule has 0 aromatic heterocycles. The summed E-state index contributed by atoms with van der Waals surface area (Å²) in [4.78, 5) is 13.2. The second-order valence-electron chi connectivity index (χ2n) is 8.18. The third-order valence-corrected chi connectivity index (χ3v) is 6.83. The van der Waals surface area contributed by atoms with E-state index in [-0.39, 0.29) is 41.1 Å². The van der Waals surface area contributed by atoms with Crippen molar-refractivity contribution in [1.29, 1.82) is 0 Å². The van der Waals surface area contributed by atoms with Crippen molar-refractivity contribution in [3.8, 4) is 39.9 Å². The van der Waals surface area contributed by atoms with Crippen LogP contribution in [0, 0.1) is 0 Å². The summed E-state index contributed by atoms with van der Waals surface area (Å²) in [6.07, 6.45) is -0.136. The summed E-state index contributed by atoms with van der Waals surface area (Å²) in [6, 6.07) is 12.8. The number of phenolic OH excluding ortho intramolecular Hbond substituents is 2. The fourth-order valence-electron chi connectivity index (χ4n) is 5.62. The van der Waals surface area contributed by atoms with Crippen LogP contribution in [0.4, 0.5) is 0 Å². The van der Waals surface area contributed by atoms with Gasteiger partial charge in [0.25, 0.3) is 0 Å². The minimum Gasteiger partial charge on any atom is -0.507 e. The zero-order valence-electron chi connectivity index (χ0n) is 17.0.